The predicted molar refractivity (Wildman–Crippen MR) is 82.9 cm³/mol. The average molecular weight is 275 g/mol. The van der Waals surface area contributed by atoms with Crippen LogP contribution in [0.3, 0.4) is 0 Å². The third-order valence-electron chi connectivity index (χ3n) is 4.47. The van der Waals surface area contributed by atoms with Gasteiger partial charge >= 0.3 is 0 Å². The van der Waals surface area contributed by atoms with E-state index >= 15 is 0 Å². The first kappa shape index (κ1) is 14.9. The molecule has 20 heavy (non-hydrogen) atoms. The van der Waals surface area contributed by atoms with Crippen molar-refractivity contribution in [2.24, 2.45) is 17.4 Å². The number of carbonyl (C=O) groups excluding carboxylic acids is 1. The van der Waals surface area contributed by atoms with Crippen molar-refractivity contribution in [3.05, 3.63) is 29.3 Å². The highest BCUT2D eigenvalue weighted by molar-refractivity contribution is 5.94. The van der Waals surface area contributed by atoms with Crippen LogP contribution in [0.1, 0.15) is 42.1 Å². The molecule has 1 saturated carbocycles. The van der Waals surface area contributed by atoms with E-state index in [0.717, 1.165) is 18.7 Å². The number of benzene rings is 1. The van der Waals surface area contributed by atoms with E-state index in [9.17, 15) is 4.79 Å². The first-order valence-electron chi connectivity index (χ1n) is 7.45. The quantitative estimate of drug-likeness (QED) is 0.864. The summed E-state index contributed by atoms with van der Waals surface area (Å²) in [5.41, 5.74) is 14.0. The van der Waals surface area contributed by atoms with E-state index in [1.165, 1.54) is 24.9 Å². The zero-order chi connectivity index (χ0) is 14.7. The fourth-order valence-electron chi connectivity index (χ4n) is 3.41. The number of nitrogens with two attached hydrogens (primary N) is 2. The summed E-state index contributed by atoms with van der Waals surface area (Å²) in [6.07, 6.45) is 3.67. The second kappa shape index (κ2) is 6.27. The summed E-state index contributed by atoms with van der Waals surface area (Å²) in [5, 5.41) is 0. The fraction of sp³-hybridized carbons (Fsp3) is 0.562. The summed E-state index contributed by atoms with van der Waals surface area (Å²) < 4.78 is 0. The lowest BCUT2D eigenvalue weighted by Gasteiger charge is -2.34. The van der Waals surface area contributed by atoms with E-state index in [4.69, 9.17) is 11.5 Å². The molecule has 0 heterocycles. The first-order chi connectivity index (χ1) is 9.58. The topological polar surface area (TPSA) is 72.3 Å². The van der Waals surface area contributed by atoms with Crippen LogP contribution < -0.4 is 16.4 Å². The lowest BCUT2D eigenvalue weighted by atomic mass is 10.0. The molecule has 2 unspecified atom stereocenters. The molecule has 0 aromatic heterocycles. The Morgan fingerprint density at radius 3 is 2.70 bits per heavy atom. The third-order valence-corrected chi connectivity index (χ3v) is 4.47. The lowest BCUT2D eigenvalue weighted by Crippen LogP contribution is -2.40. The Hall–Kier alpha value is -1.55. The smallest absolute Gasteiger partial charge is 0.248 e. The van der Waals surface area contributed by atoms with Gasteiger partial charge in [-0.05, 0) is 62.9 Å². The van der Waals surface area contributed by atoms with Gasteiger partial charge in [0.15, 0.2) is 0 Å². The number of amides is 1. The molecule has 0 aliphatic heterocycles. The van der Waals surface area contributed by atoms with Crippen molar-refractivity contribution in [3.8, 4) is 0 Å². The van der Waals surface area contributed by atoms with Gasteiger partial charge in [0.05, 0.1) is 0 Å². The van der Waals surface area contributed by atoms with Crippen molar-refractivity contribution in [3.63, 3.8) is 0 Å². The van der Waals surface area contributed by atoms with Crippen LogP contribution in [0.15, 0.2) is 18.2 Å². The Kier molecular flexibility index (Phi) is 4.65. The second-order valence-electron chi connectivity index (χ2n) is 5.64. The van der Waals surface area contributed by atoms with Crippen molar-refractivity contribution < 1.29 is 4.79 Å². The number of nitrogens with zero attached hydrogens (tertiary/aromatic N) is 1. The Morgan fingerprint density at radius 2 is 2.15 bits per heavy atom. The van der Waals surface area contributed by atoms with E-state index in [1.807, 2.05) is 19.1 Å². The highest BCUT2D eigenvalue weighted by Crippen LogP contribution is 2.33. The minimum Gasteiger partial charge on any atom is -0.368 e. The molecule has 1 aliphatic carbocycles. The summed E-state index contributed by atoms with van der Waals surface area (Å²) in [5.74, 6) is 0.212. The normalized spacial score (nSPS) is 21.9. The zero-order valence-electron chi connectivity index (χ0n) is 12.4. The van der Waals surface area contributed by atoms with Crippen molar-refractivity contribution >= 4 is 11.6 Å². The maximum absolute atomic E-state index is 11.3. The van der Waals surface area contributed by atoms with E-state index in [-0.39, 0.29) is 5.91 Å². The summed E-state index contributed by atoms with van der Waals surface area (Å²) in [4.78, 5) is 13.7. The van der Waals surface area contributed by atoms with Gasteiger partial charge in [0, 0.05) is 23.8 Å². The molecule has 1 amide bonds. The van der Waals surface area contributed by atoms with E-state index < -0.39 is 0 Å². The number of anilines is 1. The highest BCUT2D eigenvalue weighted by atomic mass is 16.1. The maximum Gasteiger partial charge on any atom is 0.248 e. The van der Waals surface area contributed by atoms with Gasteiger partial charge in [0.1, 0.15) is 0 Å². The van der Waals surface area contributed by atoms with Gasteiger partial charge in [-0.15, -0.1) is 0 Å². The third kappa shape index (κ3) is 2.80. The molecule has 1 fully saturated rings. The van der Waals surface area contributed by atoms with Crippen LogP contribution in [-0.2, 0) is 0 Å². The van der Waals surface area contributed by atoms with Gasteiger partial charge in [-0.1, -0.05) is 6.42 Å². The molecule has 0 saturated heterocycles. The average Bonchev–Trinajstić information content (AvgIpc) is 2.87. The van der Waals surface area contributed by atoms with Crippen LogP contribution in [0.2, 0.25) is 0 Å². The zero-order valence-corrected chi connectivity index (χ0v) is 12.4. The van der Waals surface area contributed by atoms with Gasteiger partial charge in [-0.2, -0.15) is 0 Å². The molecule has 2 atom stereocenters. The Morgan fingerprint density at radius 1 is 1.40 bits per heavy atom. The van der Waals surface area contributed by atoms with E-state index in [0.29, 0.717) is 17.5 Å². The molecular formula is C16H25N3O. The minimum atomic E-state index is -0.363. The molecule has 4 heteroatoms. The standard InChI is InChI=1S/C16H25N3O/c1-3-19(15-6-4-5-12(15)10-17)13-7-8-14(16(18)20)11(2)9-13/h7-9,12,15H,3-6,10,17H2,1-2H3,(H2,18,20). The van der Waals surface area contributed by atoms with Gasteiger partial charge in [0.2, 0.25) is 5.91 Å². The Labute approximate surface area is 121 Å². The molecule has 0 spiro atoms. The number of primary amides is 1. The maximum atomic E-state index is 11.3. The minimum absolute atomic E-state index is 0.363. The largest absolute Gasteiger partial charge is 0.368 e. The molecule has 1 aromatic carbocycles. The van der Waals surface area contributed by atoms with Gasteiger partial charge in [0.25, 0.3) is 0 Å². The molecule has 1 aliphatic rings. The number of aryl methyl sites for hydroxylation is 1. The van der Waals surface area contributed by atoms with E-state index in [1.54, 1.807) is 0 Å². The van der Waals surface area contributed by atoms with Crippen molar-refractivity contribution in [2.75, 3.05) is 18.0 Å². The highest BCUT2D eigenvalue weighted by Gasteiger charge is 2.30. The molecule has 2 rings (SSSR count). The van der Waals surface area contributed by atoms with Crippen molar-refractivity contribution in [1.82, 2.24) is 0 Å². The molecule has 4 nitrogen and oxygen atoms in total. The van der Waals surface area contributed by atoms with Crippen LogP contribution in [-0.4, -0.2) is 25.0 Å². The molecule has 110 valence electrons. The SMILES string of the molecule is CCN(c1ccc(C(N)=O)c(C)c1)C1CCCC1CN. The predicted octanol–water partition coefficient (Wildman–Crippen LogP) is 2.05. The summed E-state index contributed by atoms with van der Waals surface area (Å²) in [6.45, 7) is 5.81. The van der Waals surface area contributed by atoms with Crippen molar-refractivity contribution in [1.29, 1.82) is 0 Å². The Balaban J connectivity index is 2.28. The summed E-state index contributed by atoms with van der Waals surface area (Å²) in [7, 11) is 0. The van der Waals surface area contributed by atoms with Crippen LogP contribution in [0.5, 0.6) is 0 Å². The Bertz CT molecular complexity index is 487. The molecule has 0 bridgehead atoms. The first-order valence-corrected chi connectivity index (χ1v) is 7.45. The molecule has 4 N–H and O–H groups in total. The van der Waals surface area contributed by atoms with Gasteiger partial charge in [-0.25, -0.2) is 0 Å². The van der Waals surface area contributed by atoms with Gasteiger partial charge in [-0.3, -0.25) is 4.79 Å². The van der Waals surface area contributed by atoms with Gasteiger partial charge < -0.3 is 16.4 Å². The second-order valence-corrected chi connectivity index (χ2v) is 5.64. The van der Waals surface area contributed by atoms with Crippen molar-refractivity contribution in [2.45, 2.75) is 39.2 Å². The fourth-order valence-corrected chi connectivity index (χ4v) is 3.41. The number of hydrogen-bond donors (Lipinski definition) is 2. The molecule has 0 radical (unpaired) electrons. The molecule has 1 aromatic rings. The van der Waals surface area contributed by atoms with Crippen LogP contribution in [0, 0.1) is 12.8 Å². The summed E-state index contributed by atoms with van der Waals surface area (Å²) in [6, 6.07) is 6.42. The number of carbonyl (C=O) groups is 1. The summed E-state index contributed by atoms with van der Waals surface area (Å²) >= 11 is 0. The van der Waals surface area contributed by atoms with Crippen LogP contribution >= 0.6 is 0 Å². The monoisotopic (exact) mass is 275 g/mol. The van der Waals surface area contributed by atoms with Crippen LogP contribution in [0.4, 0.5) is 5.69 Å². The van der Waals surface area contributed by atoms with E-state index in [2.05, 4.69) is 17.9 Å². The van der Waals surface area contributed by atoms with Crippen LogP contribution in [0.25, 0.3) is 0 Å². The number of hydrogen-bond acceptors (Lipinski definition) is 3. The number of rotatable bonds is 5. The lowest BCUT2D eigenvalue weighted by molar-refractivity contribution is 0.1000. The molecular weight excluding hydrogens is 250 g/mol.